The quantitative estimate of drug-likeness (QED) is 0.784. The van der Waals surface area contributed by atoms with Crippen LogP contribution in [0.15, 0.2) is 18.2 Å². The zero-order valence-electron chi connectivity index (χ0n) is 13.3. The fraction of sp³-hybridized carbons (Fsp3) is 0.588. The third kappa shape index (κ3) is 5.74. The van der Waals surface area contributed by atoms with Crippen molar-refractivity contribution in [2.24, 2.45) is 0 Å². The van der Waals surface area contributed by atoms with Crippen LogP contribution in [0.1, 0.15) is 44.2 Å². The van der Waals surface area contributed by atoms with Crippen molar-refractivity contribution in [1.82, 2.24) is 4.90 Å². The topological polar surface area (TPSA) is 32.3 Å². The largest absolute Gasteiger partial charge is 0.326 e. The molecule has 0 fully saturated rings. The van der Waals surface area contributed by atoms with E-state index in [1.807, 2.05) is 19.1 Å². The van der Waals surface area contributed by atoms with Crippen LogP contribution in [0.25, 0.3) is 0 Å². The number of nitrogens with one attached hydrogen (secondary N) is 1. The molecule has 1 aromatic rings. The van der Waals surface area contributed by atoms with Gasteiger partial charge < -0.3 is 10.2 Å². The molecular formula is C17H28N2O. The van der Waals surface area contributed by atoms with Crippen LogP contribution in [-0.2, 0) is 4.79 Å². The minimum Gasteiger partial charge on any atom is -0.326 e. The highest BCUT2D eigenvalue weighted by molar-refractivity contribution is 5.91. The van der Waals surface area contributed by atoms with E-state index in [4.69, 9.17) is 0 Å². The molecule has 0 unspecified atom stereocenters. The highest BCUT2D eigenvalue weighted by Crippen LogP contribution is 2.16. The molecule has 0 aromatic heterocycles. The molecule has 112 valence electrons. The summed E-state index contributed by atoms with van der Waals surface area (Å²) < 4.78 is 0. The Balaban J connectivity index is 2.46. The third-order valence-electron chi connectivity index (χ3n) is 3.39. The van der Waals surface area contributed by atoms with Gasteiger partial charge in [-0.25, -0.2) is 0 Å². The molecule has 0 radical (unpaired) electrons. The van der Waals surface area contributed by atoms with Gasteiger partial charge in [-0.2, -0.15) is 0 Å². The van der Waals surface area contributed by atoms with E-state index < -0.39 is 0 Å². The van der Waals surface area contributed by atoms with Gasteiger partial charge in [0.05, 0.1) is 0 Å². The molecule has 0 saturated carbocycles. The van der Waals surface area contributed by atoms with Crippen molar-refractivity contribution in [1.29, 1.82) is 0 Å². The minimum absolute atomic E-state index is 0.106. The summed E-state index contributed by atoms with van der Waals surface area (Å²) in [6.07, 6.45) is 2.84. The number of hydrogen-bond donors (Lipinski definition) is 1. The van der Waals surface area contributed by atoms with Gasteiger partial charge in [0.1, 0.15) is 0 Å². The van der Waals surface area contributed by atoms with Crippen molar-refractivity contribution in [3.05, 3.63) is 29.3 Å². The Morgan fingerprint density at radius 1 is 1.10 bits per heavy atom. The number of amides is 1. The maximum absolute atomic E-state index is 12.0. The number of carbonyl (C=O) groups excluding carboxylic acids is 1. The van der Waals surface area contributed by atoms with Crippen LogP contribution in [0.5, 0.6) is 0 Å². The average Bonchev–Trinajstić information content (AvgIpc) is 2.40. The van der Waals surface area contributed by atoms with Crippen molar-refractivity contribution in [2.45, 2.75) is 47.0 Å². The number of hydrogen-bond acceptors (Lipinski definition) is 2. The summed E-state index contributed by atoms with van der Waals surface area (Å²) in [4.78, 5) is 14.4. The van der Waals surface area contributed by atoms with Gasteiger partial charge in [-0.1, -0.05) is 31.5 Å². The number of benzene rings is 1. The van der Waals surface area contributed by atoms with Gasteiger partial charge >= 0.3 is 0 Å². The Bertz CT molecular complexity index is 423. The zero-order chi connectivity index (χ0) is 15.0. The molecule has 0 spiro atoms. The van der Waals surface area contributed by atoms with E-state index in [-0.39, 0.29) is 5.91 Å². The van der Waals surface area contributed by atoms with E-state index in [2.05, 4.69) is 37.1 Å². The molecule has 0 atom stereocenters. The molecule has 20 heavy (non-hydrogen) atoms. The normalized spacial score (nSPS) is 10.8. The lowest BCUT2D eigenvalue weighted by atomic mass is 10.1. The maximum Gasteiger partial charge on any atom is 0.225 e. The average molecular weight is 276 g/mol. The van der Waals surface area contributed by atoms with Crippen molar-refractivity contribution < 1.29 is 4.79 Å². The Labute approximate surface area is 123 Å². The molecule has 0 aliphatic carbocycles. The van der Waals surface area contributed by atoms with Crippen LogP contribution >= 0.6 is 0 Å². The van der Waals surface area contributed by atoms with Crippen molar-refractivity contribution in [3.63, 3.8) is 0 Å². The van der Waals surface area contributed by atoms with Gasteiger partial charge in [0.25, 0.3) is 0 Å². The third-order valence-corrected chi connectivity index (χ3v) is 3.39. The molecule has 0 heterocycles. The van der Waals surface area contributed by atoms with Gasteiger partial charge in [0.2, 0.25) is 5.91 Å². The zero-order valence-corrected chi connectivity index (χ0v) is 13.3. The van der Waals surface area contributed by atoms with Crippen molar-refractivity contribution in [3.8, 4) is 0 Å². The van der Waals surface area contributed by atoms with E-state index in [0.717, 1.165) is 43.7 Å². The van der Waals surface area contributed by atoms with E-state index in [0.29, 0.717) is 6.42 Å². The molecule has 0 aliphatic heterocycles. The van der Waals surface area contributed by atoms with Gasteiger partial charge in [-0.3, -0.25) is 4.79 Å². The first kappa shape index (κ1) is 16.7. The van der Waals surface area contributed by atoms with Gasteiger partial charge in [0, 0.05) is 18.7 Å². The summed E-state index contributed by atoms with van der Waals surface area (Å²) in [7, 11) is 0. The highest BCUT2D eigenvalue weighted by atomic mass is 16.1. The Morgan fingerprint density at radius 3 is 2.30 bits per heavy atom. The molecule has 0 saturated heterocycles. The summed E-state index contributed by atoms with van der Waals surface area (Å²) in [5.41, 5.74) is 3.27. The molecule has 1 N–H and O–H groups in total. The molecule has 0 aliphatic rings. The second-order valence-corrected chi connectivity index (χ2v) is 5.46. The Hall–Kier alpha value is -1.35. The second kappa shape index (κ2) is 8.75. The van der Waals surface area contributed by atoms with Gasteiger partial charge in [0.15, 0.2) is 0 Å². The molecule has 1 aromatic carbocycles. The van der Waals surface area contributed by atoms with Crippen LogP contribution in [-0.4, -0.2) is 30.4 Å². The van der Waals surface area contributed by atoms with Crippen LogP contribution in [0.3, 0.4) is 0 Å². The van der Waals surface area contributed by atoms with Crippen LogP contribution in [0, 0.1) is 13.8 Å². The molecule has 1 amide bonds. The summed E-state index contributed by atoms with van der Waals surface area (Å²) in [5.74, 6) is 0.106. The SMILES string of the molecule is CCCN(CCC)CCC(=O)Nc1ccc(C)cc1C. The standard InChI is InChI=1S/C17H28N2O/c1-5-10-19(11-6-2)12-9-17(20)18-16-8-7-14(3)13-15(16)4/h7-8,13H,5-6,9-12H2,1-4H3,(H,18,20). The maximum atomic E-state index is 12.0. The predicted octanol–water partition coefficient (Wildman–Crippen LogP) is 3.75. The summed E-state index contributed by atoms with van der Waals surface area (Å²) in [6, 6.07) is 6.11. The summed E-state index contributed by atoms with van der Waals surface area (Å²) in [6.45, 7) is 11.4. The van der Waals surface area contributed by atoms with Crippen LogP contribution < -0.4 is 5.32 Å². The van der Waals surface area contributed by atoms with Crippen LogP contribution in [0.4, 0.5) is 5.69 Å². The Kier molecular flexibility index (Phi) is 7.31. The summed E-state index contributed by atoms with van der Waals surface area (Å²) in [5, 5.41) is 3.01. The van der Waals surface area contributed by atoms with E-state index in [9.17, 15) is 4.79 Å². The highest BCUT2D eigenvalue weighted by Gasteiger charge is 2.08. The molecule has 3 heteroatoms. The minimum atomic E-state index is 0.106. The first-order valence-electron chi connectivity index (χ1n) is 7.66. The monoisotopic (exact) mass is 276 g/mol. The fourth-order valence-corrected chi connectivity index (χ4v) is 2.39. The number of aryl methyl sites for hydroxylation is 2. The number of carbonyl (C=O) groups is 1. The first-order chi connectivity index (χ1) is 9.56. The van der Waals surface area contributed by atoms with E-state index in [1.165, 1.54) is 5.56 Å². The smallest absolute Gasteiger partial charge is 0.225 e. The van der Waals surface area contributed by atoms with Gasteiger partial charge in [-0.05, 0) is 51.4 Å². The number of anilines is 1. The molecule has 3 nitrogen and oxygen atoms in total. The van der Waals surface area contributed by atoms with E-state index in [1.54, 1.807) is 0 Å². The lowest BCUT2D eigenvalue weighted by molar-refractivity contribution is -0.116. The number of nitrogens with zero attached hydrogens (tertiary/aromatic N) is 1. The van der Waals surface area contributed by atoms with Gasteiger partial charge in [-0.15, -0.1) is 0 Å². The lowest BCUT2D eigenvalue weighted by Crippen LogP contribution is -2.29. The fourth-order valence-electron chi connectivity index (χ4n) is 2.39. The van der Waals surface area contributed by atoms with E-state index >= 15 is 0 Å². The summed E-state index contributed by atoms with van der Waals surface area (Å²) >= 11 is 0. The number of rotatable bonds is 8. The van der Waals surface area contributed by atoms with Crippen molar-refractivity contribution in [2.75, 3.05) is 25.0 Å². The molecular weight excluding hydrogens is 248 g/mol. The lowest BCUT2D eigenvalue weighted by Gasteiger charge is -2.20. The first-order valence-corrected chi connectivity index (χ1v) is 7.66. The second-order valence-electron chi connectivity index (χ2n) is 5.46. The molecule has 0 bridgehead atoms. The molecule has 1 rings (SSSR count). The Morgan fingerprint density at radius 2 is 1.75 bits per heavy atom. The van der Waals surface area contributed by atoms with Crippen molar-refractivity contribution >= 4 is 11.6 Å². The predicted molar refractivity (Wildman–Crippen MR) is 86.2 cm³/mol. The van der Waals surface area contributed by atoms with Crippen LogP contribution in [0.2, 0.25) is 0 Å².